The molecule has 120 valence electrons. The van der Waals surface area contributed by atoms with Crippen molar-refractivity contribution >= 4 is 17.6 Å². The first kappa shape index (κ1) is 16.5. The summed E-state index contributed by atoms with van der Waals surface area (Å²) in [7, 11) is 1.25. The van der Waals surface area contributed by atoms with Crippen LogP contribution in [0.1, 0.15) is 21.5 Å². The highest BCUT2D eigenvalue weighted by molar-refractivity contribution is 5.92. The van der Waals surface area contributed by atoms with E-state index in [-0.39, 0.29) is 23.6 Å². The summed E-state index contributed by atoms with van der Waals surface area (Å²) >= 11 is 0. The predicted molar refractivity (Wildman–Crippen MR) is 86.6 cm³/mol. The average Bonchev–Trinajstić information content (AvgIpc) is 2.51. The number of pyridine rings is 1. The van der Waals surface area contributed by atoms with Gasteiger partial charge in [0.05, 0.1) is 12.7 Å². The van der Waals surface area contributed by atoms with Crippen molar-refractivity contribution in [3.8, 4) is 0 Å². The highest BCUT2D eigenvalue weighted by Crippen LogP contribution is 2.15. The molecule has 1 N–H and O–H groups in total. The maximum atomic E-state index is 12.1. The van der Waals surface area contributed by atoms with Crippen LogP contribution in [0, 0.1) is 13.8 Å². The van der Waals surface area contributed by atoms with Gasteiger partial charge < -0.3 is 14.6 Å². The zero-order valence-corrected chi connectivity index (χ0v) is 13.3. The number of benzene rings is 1. The van der Waals surface area contributed by atoms with Gasteiger partial charge in [0.15, 0.2) is 0 Å². The number of aromatic nitrogens is 1. The number of hydrogen-bond acceptors (Lipinski definition) is 4. The van der Waals surface area contributed by atoms with Crippen LogP contribution in [0.2, 0.25) is 0 Å². The number of aryl methyl sites for hydroxylation is 2. The summed E-state index contributed by atoms with van der Waals surface area (Å²) in [6.45, 7) is 3.68. The molecule has 0 aliphatic heterocycles. The van der Waals surface area contributed by atoms with Gasteiger partial charge in [0.25, 0.3) is 5.56 Å². The van der Waals surface area contributed by atoms with Crippen LogP contribution in [0.15, 0.2) is 41.3 Å². The Labute approximate surface area is 133 Å². The molecule has 1 aromatic carbocycles. The number of anilines is 1. The maximum Gasteiger partial charge on any atom is 0.339 e. The van der Waals surface area contributed by atoms with E-state index in [2.05, 4.69) is 10.1 Å². The first-order chi connectivity index (χ1) is 10.9. The Morgan fingerprint density at radius 3 is 2.57 bits per heavy atom. The summed E-state index contributed by atoms with van der Waals surface area (Å²) in [4.78, 5) is 35.4. The van der Waals surface area contributed by atoms with Crippen LogP contribution in [-0.2, 0) is 16.1 Å². The van der Waals surface area contributed by atoms with Crippen molar-refractivity contribution in [2.45, 2.75) is 20.4 Å². The van der Waals surface area contributed by atoms with Crippen molar-refractivity contribution in [3.63, 3.8) is 0 Å². The highest BCUT2D eigenvalue weighted by Gasteiger charge is 2.11. The normalized spacial score (nSPS) is 10.2. The molecule has 0 saturated heterocycles. The SMILES string of the molecule is COC(=O)c1ccc(=O)n(CC(=O)Nc2ccc(C)cc2C)c1. The van der Waals surface area contributed by atoms with Gasteiger partial charge in [-0.15, -0.1) is 0 Å². The first-order valence-electron chi connectivity index (χ1n) is 7.06. The number of methoxy groups -OCH3 is 1. The molecule has 0 spiro atoms. The predicted octanol–water partition coefficient (Wildman–Crippen LogP) is 1.89. The van der Waals surface area contributed by atoms with E-state index in [0.717, 1.165) is 11.1 Å². The van der Waals surface area contributed by atoms with Gasteiger partial charge in [0.1, 0.15) is 6.54 Å². The fraction of sp³-hybridized carbons (Fsp3) is 0.235. The van der Waals surface area contributed by atoms with E-state index in [1.54, 1.807) is 0 Å². The van der Waals surface area contributed by atoms with Gasteiger partial charge in [-0.1, -0.05) is 17.7 Å². The summed E-state index contributed by atoms with van der Waals surface area (Å²) in [6, 6.07) is 8.27. The molecule has 1 aromatic heterocycles. The second kappa shape index (κ2) is 6.91. The van der Waals surface area contributed by atoms with Crippen LogP contribution >= 0.6 is 0 Å². The molecule has 2 aromatic rings. The van der Waals surface area contributed by atoms with Crippen LogP contribution in [0.25, 0.3) is 0 Å². The number of ether oxygens (including phenoxy) is 1. The van der Waals surface area contributed by atoms with Crippen molar-refractivity contribution in [1.29, 1.82) is 0 Å². The van der Waals surface area contributed by atoms with Gasteiger partial charge in [0, 0.05) is 18.0 Å². The topological polar surface area (TPSA) is 77.4 Å². The molecule has 23 heavy (non-hydrogen) atoms. The third kappa shape index (κ3) is 4.06. The molecule has 0 saturated carbocycles. The Bertz CT molecular complexity index is 808. The second-order valence-corrected chi connectivity index (χ2v) is 5.24. The zero-order chi connectivity index (χ0) is 17.0. The lowest BCUT2D eigenvalue weighted by atomic mass is 10.1. The number of carbonyl (C=O) groups excluding carboxylic acids is 2. The van der Waals surface area contributed by atoms with Crippen molar-refractivity contribution in [1.82, 2.24) is 4.57 Å². The largest absolute Gasteiger partial charge is 0.465 e. The lowest BCUT2D eigenvalue weighted by Gasteiger charge is -2.11. The Morgan fingerprint density at radius 2 is 1.91 bits per heavy atom. The van der Waals surface area contributed by atoms with E-state index in [9.17, 15) is 14.4 Å². The third-order valence-corrected chi connectivity index (χ3v) is 3.37. The fourth-order valence-corrected chi connectivity index (χ4v) is 2.19. The van der Waals surface area contributed by atoms with E-state index < -0.39 is 5.97 Å². The first-order valence-corrected chi connectivity index (χ1v) is 7.06. The summed E-state index contributed by atoms with van der Waals surface area (Å²) in [5.41, 5.74) is 2.58. The smallest absolute Gasteiger partial charge is 0.339 e. The molecule has 0 atom stereocenters. The highest BCUT2D eigenvalue weighted by atomic mass is 16.5. The van der Waals surface area contributed by atoms with Crippen LogP contribution in [0.5, 0.6) is 0 Å². The molecular formula is C17H18N2O4. The second-order valence-electron chi connectivity index (χ2n) is 5.24. The van der Waals surface area contributed by atoms with Crippen LogP contribution in [0.3, 0.4) is 0 Å². The monoisotopic (exact) mass is 314 g/mol. The van der Waals surface area contributed by atoms with E-state index in [4.69, 9.17) is 0 Å². The minimum atomic E-state index is -0.562. The quantitative estimate of drug-likeness (QED) is 0.874. The molecule has 0 unspecified atom stereocenters. The van der Waals surface area contributed by atoms with E-state index in [0.29, 0.717) is 5.69 Å². The Hall–Kier alpha value is -2.89. The van der Waals surface area contributed by atoms with E-state index >= 15 is 0 Å². The van der Waals surface area contributed by atoms with Crippen molar-refractivity contribution in [3.05, 3.63) is 63.6 Å². The maximum absolute atomic E-state index is 12.1. The molecule has 6 heteroatoms. The summed E-state index contributed by atoms with van der Waals surface area (Å²) in [5, 5.41) is 2.76. The van der Waals surface area contributed by atoms with E-state index in [1.807, 2.05) is 32.0 Å². The summed E-state index contributed by atoms with van der Waals surface area (Å²) < 4.78 is 5.78. The number of nitrogens with zero attached hydrogens (tertiary/aromatic N) is 1. The number of carbonyl (C=O) groups is 2. The molecule has 0 bridgehead atoms. The Morgan fingerprint density at radius 1 is 1.17 bits per heavy atom. The average molecular weight is 314 g/mol. The van der Waals surface area contributed by atoms with Gasteiger partial charge >= 0.3 is 5.97 Å². The number of nitrogens with one attached hydrogen (secondary N) is 1. The molecular weight excluding hydrogens is 296 g/mol. The van der Waals surface area contributed by atoms with Gasteiger partial charge in [0.2, 0.25) is 5.91 Å². The minimum Gasteiger partial charge on any atom is -0.465 e. The van der Waals surface area contributed by atoms with Crippen molar-refractivity contribution in [2.24, 2.45) is 0 Å². The number of amides is 1. The molecule has 1 heterocycles. The van der Waals surface area contributed by atoms with Gasteiger partial charge in [-0.25, -0.2) is 4.79 Å². The fourth-order valence-electron chi connectivity index (χ4n) is 2.19. The lowest BCUT2D eigenvalue weighted by molar-refractivity contribution is -0.116. The lowest BCUT2D eigenvalue weighted by Crippen LogP contribution is -2.27. The number of esters is 1. The molecule has 0 fully saturated rings. The molecule has 2 rings (SSSR count). The Kier molecular flexibility index (Phi) is 4.95. The summed E-state index contributed by atoms with van der Waals surface area (Å²) in [5.74, 6) is -0.908. The van der Waals surface area contributed by atoms with Crippen molar-refractivity contribution in [2.75, 3.05) is 12.4 Å². The molecule has 6 nitrogen and oxygen atoms in total. The molecule has 1 amide bonds. The summed E-state index contributed by atoms with van der Waals surface area (Å²) in [6.07, 6.45) is 1.32. The van der Waals surface area contributed by atoms with Crippen LogP contribution in [0.4, 0.5) is 5.69 Å². The van der Waals surface area contributed by atoms with Crippen molar-refractivity contribution < 1.29 is 14.3 Å². The molecule has 0 aliphatic carbocycles. The Balaban J connectivity index is 2.17. The van der Waals surface area contributed by atoms with Gasteiger partial charge in [-0.2, -0.15) is 0 Å². The van der Waals surface area contributed by atoms with Crippen LogP contribution < -0.4 is 10.9 Å². The third-order valence-electron chi connectivity index (χ3n) is 3.37. The minimum absolute atomic E-state index is 0.184. The van der Waals surface area contributed by atoms with Gasteiger partial charge in [-0.3, -0.25) is 9.59 Å². The molecule has 0 radical (unpaired) electrons. The van der Waals surface area contributed by atoms with Crippen LogP contribution in [-0.4, -0.2) is 23.6 Å². The number of rotatable bonds is 4. The van der Waals surface area contributed by atoms with E-state index in [1.165, 1.54) is 30.0 Å². The molecule has 0 aliphatic rings. The number of hydrogen-bond donors (Lipinski definition) is 1. The zero-order valence-electron chi connectivity index (χ0n) is 13.3. The standard InChI is InChI=1S/C17H18N2O4/c1-11-4-6-14(12(2)8-11)18-15(20)10-19-9-13(17(22)23-3)5-7-16(19)21/h4-9H,10H2,1-3H3,(H,18,20). The van der Waals surface area contributed by atoms with Gasteiger partial charge in [-0.05, 0) is 31.5 Å².